The summed E-state index contributed by atoms with van der Waals surface area (Å²) in [7, 11) is 0. The predicted octanol–water partition coefficient (Wildman–Crippen LogP) is 3.00. The maximum Gasteiger partial charge on any atom is 0.586 e. The van der Waals surface area contributed by atoms with Crippen molar-refractivity contribution in [2.45, 2.75) is 52.6 Å². The summed E-state index contributed by atoms with van der Waals surface area (Å²) >= 11 is 0. The van der Waals surface area contributed by atoms with Gasteiger partial charge in [0.1, 0.15) is 11.5 Å². The van der Waals surface area contributed by atoms with Crippen molar-refractivity contribution >= 4 is 23.6 Å². The summed E-state index contributed by atoms with van der Waals surface area (Å²) in [5, 5.41) is 3.35. The van der Waals surface area contributed by atoms with Crippen LogP contribution in [0, 0.1) is 0 Å². The normalized spacial score (nSPS) is 19.1. The number of anilines is 2. The Bertz CT molecular complexity index is 1220. The van der Waals surface area contributed by atoms with E-state index in [2.05, 4.69) is 19.8 Å². The van der Waals surface area contributed by atoms with Crippen molar-refractivity contribution in [3.63, 3.8) is 0 Å². The molecule has 0 aliphatic carbocycles. The fraction of sp³-hybridized carbons (Fsp3) is 0.500. The molecule has 0 spiro atoms. The van der Waals surface area contributed by atoms with Gasteiger partial charge in [0.2, 0.25) is 11.9 Å². The Balaban J connectivity index is 1.44. The number of hydrogen-bond donors (Lipinski definition) is 1. The molecule has 36 heavy (non-hydrogen) atoms. The molecule has 1 unspecified atom stereocenters. The molecule has 10 nitrogen and oxygen atoms in total. The number of hydrogen-bond acceptors (Lipinski definition) is 8. The highest BCUT2D eigenvalue weighted by Crippen LogP contribution is 2.42. The first-order chi connectivity index (χ1) is 17.0. The number of piperazine rings is 1. The second kappa shape index (κ2) is 8.75. The van der Waals surface area contributed by atoms with E-state index in [0.717, 1.165) is 0 Å². The Kier molecular flexibility index (Phi) is 5.84. The summed E-state index contributed by atoms with van der Waals surface area (Å²) in [4.78, 5) is 39.7. The zero-order valence-electron chi connectivity index (χ0n) is 20.5. The zero-order valence-corrected chi connectivity index (χ0v) is 20.5. The molecule has 1 saturated heterocycles. The Morgan fingerprint density at radius 1 is 1.08 bits per heavy atom. The highest BCUT2D eigenvalue weighted by molar-refractivity contribution is 5.98. The van der Waals surface area contributed by atoms with Crippen LogP contribution in [0.25, 0.3) is 0 Å². The van der Waals surface area contributed by atoms with Gasteiger partial charge in [-0.15, -0.1) is 8.78 Å². The Morgan fingerprint density at radius 3 is 2.44 bits per heavy atom. The predicted molar refractivity (Wildman–Crippen MR) is 126 cm³/mol. The van der Waals surface area contributed by atoms with Crippen LogP contribution in [-0.2, 0) is 11.3 Å². The van der Waals surface area contributed by atoms with E-state index in [-0.39, 0.29) is 35.4 Å². The van der Waals surface area contributed by atoms with Crippen LogP contribution < -0.4 is 19.7 Å². The number of benzene rings is 1. The van der Waals surface area contributed by atoms with Gasteiger partial charge in [-0.3, -0.25) is 9.59 Å². The maximum absolute atomic E-state index is 13.5. The first kappa shape index (κ1) is 24.0. The molecule has 4 heterocycles. The van der Waals surface area contributed by atoms with Gasteiger partial charge >= 0.3 is 6.29 Å². The lowest BCUT2D eigenvalue weighted by molar-refractivity contribution is -0.286. The van der Waals surface area contributed by atoms with Gasteiger partial charge in [-0.2, -0.15) is 4.98 Å². The Morgan fingerprint density at radius 2 is 1.78 bits per heavy atom. The topological polar surface area (TPSA) is 100 Å². The van der Waals surface area contributed by atoms with Gasteiger partial charge in [0, 0.05) is 44.7 Å². The number of fused-ring (bicyclic) bond motifs is 2. The number of nitrogens with one attached hydrogen (secondary N) is 1. The summed E-state index contributed by atoms with van der Waals surface area (Å²) < 4.78 is 36.0. The second-order valence-corrected chi connectivity index (χ2v) is 9.46. The first-order valence-electron chi connectivity index (χ1n) is 11.9. The molecular formula is C24H28F2N6O4. The van der Waals surface area contributed by atoms with Crippen LogP contribution in [0.5, 0.6) is 11.5 Å². The van der Waals surface area contributed by atoms with Crippen LogP contribution in [0.1, 0.15) is 55.4 Å². The van der Waals surface area contributed by atoms with Gasteiger partial charge in [-0.05, 0) is 38.5 Å². The molecule has 3 aliphatic rings. The summed E-state index contributed by atoms with van der Waals surface area (Å²) in [6.07, 6.45) is -3.69. The van der Waals surface area contributed by atoms with Gasteiger partial charge in [0.25, 0.3) is 5.91 Å². The van der Waals surface area contributed by atoms with Crippen molar-refractivity contribution in [2.75, 3.05) is 36.4 Å². The molecule has 1 aromatic carbocycles. The van der Waals surface area contributed by atoms with Crippen molar-refractivity contribution in [1.82, 2.24) is 19.8 Å². The third-order valence-electron chi connectivity index (χ3n) is 6.70. The smallest absolute Gasteiger partial charge is 0.395 e. The highest BCUT2D eigenvalue weighted by atomic mass is 19.3. The number of rotatable bonds is 5. The number of alkyl halides is 2. The average Bonchev–Trinajstić information content (AvgIpc) is 3.33. The standard InChI is InChI=1S/C24H28F2N6O4/c1-13(2)32-12-17-20(22(32)34)28-23(31-9-7-30(8-10-31)15(4)33)29-21(17)27-14(3)16-5-6-18-19(11-16)36-24(25,26)35-18/h5-6,11,13-14H,7-10,12H2,1-4H3,(H,27,28,29). The lowest BCUT2D eigenvalue weighted by Crippen LogP contribution is -2.48. The van der Waals surface area contributed by atoms with E-state index in [9.17, 15) is 18.4 Å². The number of amides is 2. The van der Waals surface area contributed by atoms with E-state index in [4.69, 9.17) is 4.98 Å². The molecule has 12 heteroatoms. The molecule has 0 radical (unpaired) electrons. The molecule has 1 aromatic heterocycles. The number of ether oxygens (including phenoxy) is 2. The number of halogens is 2. The molecule has 5 rings (SSSR count). The number of carbonyl (C=O) groups is 2. The van der Waals surface area contributed by atoms with Gasteiger partial charge < -0.3 is 29.5 Å². The van der Waals surface area contributed by atoms with Crippen molar-refractivity contribution in [1.29, 1.82) is 0 Å². The largest absolute Gasteiger partial charge is 0.586 e. The van der Waals surface area contributed by atoms with Gasteiger partial charge in [0.15, 0.2) is 11.5 Å². The fourth-order valence-electron chi connectivity index (χ4n) is 4.60. The molecular weight excluding hydrogens is 474 g/mol. The lowest BCUT2D eigenvalue weighted by Gasteiger charge is -2.34. The maximum atomic E-state index is 13.5. The van der Waals surface area contributed by atoms with Crippen LogP contribution in [-0.4, -0.2) is 70.1 Å². The zero-order chi connectivity index (χ0) is 25.8. The molecule has 1 fully saturated rings. The molecule has 3 aliphatic heterocycles. The average molecular weight is 503 g/mol. The number of carbonyl (C=O) groups excluding carboxylic acids is 2. The highest BCUT2D eigenvalue weighted by Gasteiger charge is 2.43. The van der Waals surface area contributed by atoms with Crippen LogP contribution in [0.2, 0.25) is 0 Å². The van der Waals surface area contributed by atoms with E-state index < -0.39 is 6.29 Å². The van der Waals surface area contributed by atoms with Gasteiger partial charge in [-0.25, -0.2) is 4.98 Å². The molecule has 1 N–H and O–H groups in total. The van der Waals surface area contributed by atoms with Crippen LogP contribution in [0.3, 0.4) is 0 Å². The van der Waals surface area contributed by atoms with E-state index in [1.165, 1.54) is 12.1 Å². The molecule has 2 aromatic rings. The van der Waals surface area contributed by atoms with E-state index in [0.29, 0.717) is 61.3 Å². The summed E-state index contributed by atoms with van der Waals surface area (Å²) in [6, 6.07) is 4.25. The third-order valence-corrected chi connectivity index (χ3v) is 6.70. The second-order valence-electron chi connectivity index (χ2n) is 9.46. The van der Waals surface area contributed by atoms with Crippen LogP contribution in [0.15, 0.2) is 18.2 Å². The van der Waals surface area contributed by atoms with Crippen molar-refractivity contribution in [2.24, 2.45) is 0 Å². The summed E-state index contributed by atoms with van der Waals surface area (Å²) in [5.41, 5.74) is 1.73. The van der Waals surface area contributed by atoms with E-state index in [1.807, 2.05) is 25.7 Å². The summed E-state index contributed by atoms with van der Waals surface area (Å²) in [6.45, 7) is 9.85. The van der Waals surface area contributed by atoms with Crippen molar-refractivity contribution < 1.29 is 27.8 Å². The quantitative estimate of drug-likeness (QED) is 0.666. The van der Waals surface area contributed by atoms with Gasteiger partial charge in [-0.1, -0.05) is 6.07 Å². The Labute approximate surface area is 207 Å². The van der Waals surface area contributed by atoms with E-state index >= 15 is 0 Å². The first-order valence-corrected chi connectivity index (χ1v) is 11.9. The van der Waals surface area contributed by atoms with Crippen LogP contribution >= 0.6 is 0 Å². The fourth-order valence-corrected chi connectivity index (χ4v) is 4.60. The van der Waals surface area contributed by atoms with E-state index in [1.54, 1.807) is 22.8 Å². The minimum absolute atomic E-state index is 0.0185. The molecule has 192 valence electrons. The summed E-state index contributed by atoms with van der Waals surface area (Å²) in [5.74, 6) is 0.720. The molecule has 2 amide bonds. The number of aromatic nitrogens is 2. The SMILES string of the molecule is CC(=O)N1CCN(c2nc(NC(C)c3ccc4c(c3)OC(F)(F)O4)c3c(n2)C(=O)N(C(C)C)C3)CC1. The van der Waals surface area contributed by atoms with Crippen LogP contribution in [0.4, 0.5) is 20.5 Å². The molecule has 1 atom stereocenters. The minimum atomic E-state index is -3.69. The molecule has 0 saturated carbocycles. The van der Waals surface area contributed by atoms with Crippen molar-refractivity contribution in [3.05, 3.63) is 35.0 Å². The van der Waals surface area contributed by atoms with Crippen molar-refractivity contribution in [3.8, 4) is 11.5 Å². The monoisotopic (exact) mass is 502 g/mol. The lowest BCUT2D eigenvalue weighted by atomic mass is 10.1. The molecule has 0 bridgehead atoms. The third kappa shape index (κ3) is 4.35. The number of nitrogens with zero attached hydrogens (tertiary/aromatic N) is 5. The van der Waals surface area contributed by atoms with Gasteiger partial charge in [0.05, 0.1) is 12.6 Å². The Hall–Kier alpha value is -3.70. The minimum Gasteiger partial charge on any atom is -0.395 e.